The number of hydrogen-bond donors (Lipinski definition) is 1. The van der Waals surface area contributed by atoms with Crippen LogP contribution in [0, 0.1) is 0 Å². The third-order valence-corrected chi connectivity index (χ3v) is 5.81. The van der Waals surface area contributed by atoms with Gasteiger partial charge >= 0.3 is 0 Å². The van der Waals surface area contributed by atoms with Crippen LogP contribution >= 0.6 is 11.8 Å². The Morgan fingerprint density at radius 2 is 1.60 bits per heavy atom. The van der Waals surface area contributed by atoms with Gasteiger partial charge in [0.15, 0.2) is 0 Å². The van der Waals surface area contributed by atoms with Crippen molar-refractivity contribution < 1.29 is 9.59 Å². The number of benzodiazepines with no additional fused rings is 1. The highest BCUT2D eigenvalue weighted by molar-refractivity contribution is 8.00. The first kappa shape index (κ1) is 19.9. The molecule has 0 spiro atoms. The molecule has 1 heterocycles. The lowest BCUT2D eigenvalue weighted by Crippen LogP contribution is -2.46. The molecule has 1 aliphatic heterocycles. The van der Waals surface area contributed by atoms with Gasteiger partial charge in [-0.3, -0.25) is 9.59 Å². The van der Waals surface area contributed by atoms with E-state index in [1.165, 1.54) is 11.8 Å². The highest BCUT2D eigenvalue weighted by Gasteiger charge is 2.30. The third-order valence-electron chi connectivity index (χ3n) is 4.80. The molecule has 4 rings (SSSR count). The fraction of sp³-hybridized carbons (Fsp3) is 0.125. The SMILES string of the molecule is CN1C(=O)[C@H](NC(=O)CSc2ccccc2)N=C(c2ccccc2)c2ccccc21. The van der Waals surface area contributed by atoms with Crippen molar-refractivity contribution in [3.63, 3.8) is 0 Å². The summed E-state index contributed by atoms with van der Waals surface area (Å²) in [7, 11) is 1.71. The predicted octanol–water partition coefficient (Wildman–Crippen LogP) is 3.74. The van der Waals surface area contributed by atoms with Crippen molar-refractivity contribution in [3.05, 3.63) is 96.1 Å². The van der Waals surface area contributed by atoms with Crippen LogP contribution in [0.15, 0.2) is 94.8 Å². The summed E-state index contributed by atoms with van der Waals surface area (Å²) in [6, 6.07) is 27.0. The van der Waals surface area contributed by atoms with E-state index in [2.05, 4.69) is 5.32 Å². The normalized spacial score (nSPS) is 15.8. The van der Waals surface area contributed by atoms with E-state index in [0.29, 0.717) is 5.71 Å². The molecule has 0 unspecified atom stereocenters. The third kappa shape index (κ3) is 4.28. The fourth-order valence-electron chi connectivity index (χ4n) is 3.30. The molecular weight excluding hydrogens is 394 g/mol. The van der Waals surface area contributed by atoms with Crippen LogP contribution in [0.3, 0.4) is 0 Å². The zero-order valence-corrected chi connectivity index (χ0v) is 17.3. The Kier molecular flexibility index (Phi) is 5.95. The van der Waals surface area contributed by atoms with Crippen LogP contribution < -0.4 is 10.2 Å². The minimum atomic E-state index is -0.985. The number of fused-ring (bicyclic) bond motifs is 1. The van der Waals surface area contributed by atoms with Gasteiger partial charge < -0.3 is 10.2 Å². The molecule has 1 atom stereocenters. The van der Waals surface area contributed by atoms with Gasteiger partial charge in [0.25, 0.3) is 5.91 Å². The van der Waals surface area contributed by atoms with Crippen LogP contribution in [-0.4, -0.2) is 36.5 Å². The van der Waals surface area contributed by atoms with E-state index in [4.69, 9.17) is 4.99 Å². The minimum Gasteiger partial charge on any atom is -0.326 e. The highest BCUT2D eigenvalue weighted by Crippen LogP contribution is 2.27. The molecule has 6 heteroatoms. The van der Waals surface area contributed by atoms with Crippen molar-refractivity contribution in [1.82, 2.24) is 5.32 Å². The predicted molar refractivity (Wildman–Crippen MR) is 121 cm³/mol. The zero-order valence-electron chi connectivity index (χ0n) is 16.5. The molecular formula is C24H21N3O2S. The standard InChI is InChI=1S/C24H21N3O2S/c1-27-20-15-9-8-14-19(20)22(17-10-4-2-5-11-17)26-23(24(27)29)25-21(28)16-30-18-12-6-3-7-13-18/h2-15,23H,16H2,1H3,(H,25,28)/t23-/m1/s1. The van der Waals surface area contributed by atoms with Gasteiger partial charge in [-0.05, 0) is 18.2 Å². The number of thioether (sulfide) groups is 1. The van der Waals surface area contributed by atoms with E-state index in [-0.39, 0.29) is 17.6 Å². The summed E-state index contributed by atoms with van der Waals surface area (Å²) in [6.07, 6.45) is -0.985. The Labute approximate surface area is 179 Å². The summed E-state index contributed by atoms with van der Waals surface area (Å²) in [4.78, 5) is 32.9. The molecule has 0 fully saturated rings. The number of aliphatic imine (C=N–C) groups is 1. The van der Waals surface area contributed by atoms with Gasteiger partial charge in [0, 0.05) is 23.1 Å². The Morgan fingerprint density at radius 3 is 2.33 bits per heavy atom. The van der Waals surface area contributed by atoms with Crippen molar-refractivity contribution in [2.24, 2.45) is 4.99 Å². The molecule has 3 aromatic rings. The number of rotatable bonds is 5. The van der Waals surface area contributed by atoms with Crippen LogP contribution in [0.2, 0.25) is 0 Å². The maximum absolute atomic E-state index is 13.1. The molecule has 1 N–H and O–H groups in total. The van der Waals surface area contributed by atoms with E-state index < -0.39 is 6.17 Å². The second kappa shape index (κ2) is 8.97. The monoisotopic (exact) mass is 415 g/mol. The lowest BCUT2D eigenvalue weighted by Gasteiger charge is -2.20. The Bertz CT molecular complexity index is 1080. The molecule has 0 saturated heterocycles. The first-order valence-corrected chi connectivity index (χ1v) is 10.6. The van der Waals surface area contributed by atoms with Crippen LogP contribution in [0.4, 0.5) is 5.69 Å². The Balaban J connectivity index is 1.62. The number of nitrogens with one attached hydrogen (secondary N) is 1. The van der Waals surface area contributed by atoms with E-state index in [1.54, 1.807) is 11.9 Å². The van der Waals surface area contributed by atoms with E-state index in [0.717, 1.165) is 21.7 Å². The topological polar surface area (TPSA) is 61.8 Å². The average molecular weight is 416 g/mol. The van der Waals surface area contributed by atoms with E-state index >= 15 is 0 Å². The number of amides is 2. The van der Waals surface area contributed by atoms with Crippen LogP contribution in [0.25, 0.3) is 0 Å². The van der Waals surface area contributed by atoms with Gasteiger partial charge in [0.2, 0.25) is 12.1 Å². The fourth-order valence-corrected chi connectivity index (χ4v) is 4.03. The molecule has 1 aliphatic rings. The quantitative estimate of drug-likeness (QED) is 0.646. The first-order chi connectivity index (χ1) is 14.6. The zero-order chi connectivity index (χ0) is 20.9. The molecule has 150 valence electrons. The first-order valence-electron chi connectivity index (χ1n) is 9.61. The summed E-state index contributed by atoms with van der Waals surface area (Å²) in [5.74, 6) is -0.301. The maximum atomic E-state index is 13.1. The number of para-hydroxylation sites is 1. The van der Waals surface area contributed by atoms with Crippen molar-refractivity contribution in [1.29, 1.82) is 0 Å². The van der Waals surface area contributed by atoms with Gasteiger partial charge in [0.1, 0.15) is 0 Å². The summed E-state index contributed by atoms with van der Waals surface area (Å²) in [6.45, 7) is 0. The number of carbonyl (C=O) groups excluding carboxylic acids is 2. The van der Waals surface area contributed by atoms with Gasteiger partial charge in [-0.25, -0.2) is 4.99 Å². The molecule has 0 saturated carbocycles. The summed E-state index contributed by atoms with van der Waals surface area (Å²) < 4.78 is 0. The van der Waals surface area contributed by atoms with Crippen LogP contribution in [0.5, 0.6) is 0 Å². The van der Waals surface area contributed by atoms with Crippen molar-refractivity contribution in [2.75, 3.05) is 17.7 Å². The van der Waals surface area contributed by atoms with Gasteiger partial charge in [-0.1, -0.05) is 66.7 Å². The number of anilines is 1. The number of nitrogens with zero attached hydrogens (tertiary/aromatic N) is 2. The second-order valence-electron chi connectivity index (χ2n) is 6.83. The van der Waals surface area contributed by atoms with Crippen LogP contribution in [-0.2, 0) is 9.59 Å². The summed E-state index contributed by atoms with van der Waals surface area (Å²) >= 11 is 1.42. The Morgan fingerprint density at radius 1 is 0.967 bits per heavy atom. The van der Waals surface area contributed by atoms with Crippen molar-refractivity contribution in [2.45, 2.75) is 11.1 Å². The molecule has 0 aliphatic carbocycles. The van der Waals surface area contributed by atoms with Gasteiger partial charge in [0.05, 0.1) is 17.2 Å². The smallest absolute Gasteiger partial charge is 0.272 e. The Hall–Kier alpha value is -3.38. The van der Waals surface area contributed by atoms with E-state index in [9.17, 15) is 9.59 Å². The molecule has 30 heavy (non-hydrogen) atoms. The summed E-state index contributed by atoms with van der Waals surface area (Å²) in [5.41, 5.74) is 3.20. The van der Waals surface area contributed by atoms with Gasteiger partial charge in [-0.2, -0.15) is 0 Å². The largest absolute Gasteiger partial charge is 0.326 e. The number of likely N-dealkylation sites (N-methyl/N-ethyl adjacent to an activating group) is 1. The molecule has 2 amide bonds. The lowest BCUT2D eigenvalue weighted by atomic mass is 10.0. The molecule has 3 aromatic carbocycles. The minimum absolute atomic E-state index is 0.209. The average Bonchev–Trinajstić information content (AvgIpc) is 2.90. The van der Waals surface area contributed by atoms with E-state index in [1.807, 2.05) is 84.9 Å². The molecule has 0 radical (unpaired) electrons. The highest BCUT2D eigenvalue weighted by atomic mass is 32.2. The lowest BCUT2D eigenvalue weighted by molar-refractivity contribution is -0.125. The molecule has 5 nitrogen and oxygen atoms in total. The van der Waals surface area contributed by atoms with Crippen molar-refractivity contribution in [3.8, 4) is 0 Å². The maximum Gasteiger partial charge on any atom is 0.272 e. The number of benzene rings is 3. The molecule has 0 bridgehead atoms. The molecule has 0 aromatic heterocycles. The number of carbonyl (C=O) groups is 2. The summed E-state index contributed by atoms with van der Waals surface area (Å²) in [5, 5.41) is 2.81. The second-order valence-corrected chi connectivity index (χ2v) is 7.88. The number of hydrogen-bond acceptors (Lipinski definition) is 4. The van der Waals surface area contributed by atoms with Crippen LogP contribution in [0.1, 0.15) is 11.1 Å². The van der Waals surface area contributed by atoms with Gasteiger partial charge in [-0.15, -0.1) is 11.8 Å². The van der Waals surface area contributed by atoms with Crippen molar-refractivity contribution >= 4 is 35.0 Å².